The summed E-state index contributed by atoms with van der Waals surface area (Å²) in [5, 5.41) is 18.2. The van der Waals surface area contributed by atoms with Gasteiger partial charge in [-0.1, -0.05) is 12.1 Å². The molecule has 0 saturated carbocycles. The monoisotopic (exact) mass is 218 g/mol. The molecule has 1 rings (SSSR count). The first-order valence-corrected chi connectivity index (χ1v) is 4.99. The van der Waals surface area contributed by atoms with Crippen LogP contribution in [0.4, 0.5) is 0 Å². The van der Waals surface area contributed by atoms with Gasteiger partial charge in [0.2, 0.25) is 0 Å². The second-order valence-corrected chi connectivity index (χ2v) is 3.61. The molecule has 0 atom stereocenters. The third-order valence-electron chi connectivity index (χ3n) is 2.37. The van der Waals surface area contributed by atoms with Crippen LogP contribution in [-0.2, 0) is 0 Å². The first-order valence-electron chi connectivity index (χ1n) is 4.99. The third kappa shape index (κ3) is 2.51. The Morgan fingerprint density at radius 3 is 2.88 bits per heavy atom. The van der Waals surface area contributed by atoms with E-state index in [9.17, 15) is 9.90 Å². The zero-order chi connectivity index (χ0) is 12.1. The minimum Gasteiger partial charge on any atom is -0.507 e. The summed E-state index contributed by atoms with van der Waals surface area (Å²) in [5.41, 5.74) is 0.944. The molecule has 0 unspecified atom stereocenters. The number of amides is 1. The summed E-state index contributed by atoms with van der Waals surface area (Å²) in [7, 11) is 1.61. The van der Waals surface area contributed by atoms with Gasteiger partial charge in [-0.15, -0.1) is 0 Å². The van der Waals surface area contributed by atoms with Crippen LogP contribution in [0.5, 0.6) is 5.75 Å². The number of hydrogen-bond acceptors (Lipinski definition) is 3. The van der Waals surface area contributed by atoms with E-state index < -0.39 is 0 Å². The molecule has 0 bridgehead atoms. The molecule has 0 aliphatic rings. The summed E-state index contributed by atoms with van der Waals surface area (Å²) in [4.78, 5) is 13.3. The van der Waals surface area contributed by atoms with Crippen LogP contribution < -0.4 is 0 Å². The maximum Gasteiger partial charge on any atom is 0.257 e. The van der Waals surface area contributed by atoms with E-state index in [1.54, 1.807) is 32.2 Å². The number of nitrogens with zero attached hydrogens (tertiary/aromatic N) is 2. The summed E-state index contributed by atoms with van der Waals surface area (Å²) in [6.45, 7) is 2.10. The molecule has 4 heteroatoms. The number of rotatable bonds is 3. The first kappa shape index (κ1) is 12.1. The number of carbonyl (C=O) groups is 1. The Bertz CT molecular complexity index is 435. The average Bonchev–Trinajstić information content (AvgIpc) is 2.28. The molecule has 1 aromatic rings. The highest BCUT2D eigenvalue weighted by Crippen LogP contribution is 2.22. The Hall–Kier alpha value is -2.02. The lowest BCUT2D eigenvalue weighted by molar-refractivity contribution is 0.0795. The molecule has 0 aromatic heterocycles. The van der Waals surface area contributed by atoms with Gasteiger partial charge < -0.3 is 10.0 Å². The predicted molar refractivity (Wildman–Crippen MR) is 60.0 cm³/mol. The SMILES string of the molecule is Cc1cccc(C(=O)N(C)CCC#N)c1O. The lowest BCUT2D eigenvalue weighted by atomic mass is 10.1. The van der Waals surface area contributed by atoms with Crippen molar-refractivity contribution in [2.75, 3.05) is 13.6 Å². The van der Waals surface area contributed by atoms with Gasteiger partial charge in [0.25, 0.3) is 5.91 Å². The lowest BCUT2D eigenvalue weighted by Gasteiger charge is -2.16. The number of carbonyl (C=O) groups excluding carboxylic acids is 1. The Labute approximate surface area is 94.7 Å². The molecule has 1 amide bonds. The topological polar surface area (TPSA) is 64.3 Å². The maximum absolute atomic E-state index is 11.9. The maximum atomic E-state index is 11.9. The predicted octanol–water partition coefficient (Wildman–Crippen LogP) is 1.69. The van der Waals surface area contributed by atoms with Gasteiger partial charge in [-0.2, -0.15) is 5.26 Å². The van der Waals surface area contributed by atoms with Crippen LogP contribution in [-0.4, -0.2) is 29.5 Å². The highest BCUT2D eigenvalue weighted by Gasteiger charge is 2.16. The molecule has 0 radical (unpaired) electrons. The fourth-order valence-corrected chi connectivity index (χ4v) is 1.36. The van der Waals surface area contributed by atoms with E-state index in [1.165, 1.54) is 4.90 Å². The molecule has 0 aliphatic heterocycles. The number of benzene rings is 1. The van der Waals surface area contributed by atoms with E-state index >= 15 is 0 Å². The van der Waals surface area contributed by atoms with Gasteiger partial charge in [0, 0.05) is 13.6 Å². The van der Waals surface area contributed by atoms with Gasteiger partial charge in [0.15, 0.2) is 0 Å². The van der Waals surface area contributed by atoms with Crippen molar-refractivity contribution in [3.63, 3.8) is 0 Å². The third-order valence-corrected chi connectivity index (χ3v) is 2.37. The van der Waals surface area contributed by atoms with Crippen LogP contribution >= 0.6 is 0 Å². The first-order chi connectivity index (χ1) is 7.57. The number of phenolic OH excluding ortho intramolecular Hbond substituents is 1. The Morgan fingerprint density at radius 2 is 2.25 bits per heavy atom. The largest absolute Gasteiger partial charge is 0.507 e. The van der Waals surface area contributed by atoms with Crippen molar-refractivity contribution in [3.05, 3.63) is 29.3 Å². The van der Waals surface area contributed by atoms with Crippen LogP contribution in [0.1, 0.15) is 22.3 Å². The van der Waals surface area contributed by atoms with Crippen LogP contribution in [0.3, 0.4) is 0 Å². The molecule has 0 fully saturated rings. The van der Waals surface area contributed by atoms with Crippen LogP contribution in [0.2, 0.25) is 0 Å². The minimum atomic E-state index is -0.267. The summed E-state index contributed by atoms with van der Waals surface area (Å²) in [5.74, 6) is -0.257. The number of phenols is 1. The Kier molecular flexibility index (Phi) is 3.90. The zero-order valence-corrected chi connectivity index (χ0v) is 9.40. The van der Waals surface area contributed by atoms with Gasteiger partial charge in [0.1, 0.15) is 5.75 Å². The van der Waals surface area contributed by atoms with E-state index in [2.05, 4.69) is 0 Å². The fourth-order valence-electron chi connectivity index (χ4n) is 1.36. The van der Waals surface area contributed by atoms with Gasteiger partial charge in [-0.25, -0.2) is 0 Å². The van der Waals surface area contributed by atoms with Crippen molar-refractivity contribution >= 4 is 5.91 Å². The number of aromatic hydroxyl groups is 1. The van der Waals surface area contributed by atoms with Crippen molar-refractivity contribution in [2.24, 2.45) is 0 Å². The second-order valence-electron chi connectivity index (χ2n) is 3.61. The lowest BCUT2D eigenvalue weighted by Crippen LogP contribution is -2.27. The number of aryl methyl sites for hydroxylation is 1. The summed E-state index contributed by atoms with van der Waals surface area (Å²) < 4.78 is 0. The Morgan fingerprint density at radius 1 is 1.56 bits per heavy atom. The van der Waals surface area contributed by atoms with Gasteiger partial charge in [0.05, 0.1) is 18.1 Å². The van der Waals surface area contributed by atoms with E-state index in [1.807, 2.05) is 6.07 Å². The summed E-state index contributed by atoms with van der Waals surface area (Å²) in [6, 6.07) is 7.01. The van der Waals surface area contributed by atoms with E-state index in [-0.39, 0.29) is 23.6 Å². The molecular formula is C12H14N2O2. The molecule has 16 heavy (non-hydrogen) atoms. The molecular weight excluding hydrogens is 204 g/mol. The van der Waals surface area contributed by atoms with E-state index in [4.69, 9.17) is 5.26 Å². The number of hydrogen-bond donors (Lipinski definition) is 1. The van der Waals surface area contributed by atoms with Gasteiger partial charge >= 0.3 is 0 Å². The molecule has 84 valence electrons. The highest BCUT2D eigenvalue weighted by atomic mass is 16.3. The van der Waals surface area contributed by atoms with Gasteiger partial charge in [-0.3, -0.25) is 4.79 Å². The quantitative estimate of drug-likeness (QED) is 0.839. The van der Waals surface area contributed by atoms with Crippen molar-refractivity contribution in [2.45, 2.75) is 13.3 Å². The smallest absolute Gasteiger partial charge is 0.257 e. The summed E-state index contributed by atoms with van der Waals surface area (Å²) >= 11 is 0. The molecule has 0 saturated heterocycles. The van der Waals surface area contributed by atoms with Gasteiger partial charge in [-0.05, 0) is 18.6 Å². The zero-order valence-electron chi connectivity index (χ0n) is 9.40. The molecule has 0 heterocycles. The average molecular weight is 218 g/mol. The highest BCUT2D eigenvalue weighted by molar-refractivity contribution is 5.97. The van der Waals surface area contributed by atoms with Crippen molar-refractivity contribution in [1.29, 1.82) is 5.26 Å². The van der Waals surface area contributed by atoms with Crippen molar-refractivity contribution < 1.29 is 9.90 Å². The minimum absolute atomic E-state index is 0.0105. The van der Waals surface area contributed by atoms with Crippen LogP contribution in [0.15, 0.2) is 18.2 Å². The molecule has 1 aromatic carbocycles. The van der Waals surface area contributed by atoms with E-state index in [0.717, 1.165) is 0 Å². The number of nitriles is 1. The fraction of sp³-hybridized carbons (Fsp3) is 0.333. The van der Waals surface area contributed by atoms with Crippen molar-refractivity contribution in [3.8, 4) is 11.8 Å². The number of para-hydroxylation sites is 1. The Balaban J connectivity index is 2.89. The molecule has 1 N–H and O–H groups in total. The molecule has 0 spiro atoms. The normalized spacial score (nSPS) is 9.56. The van der Waals surface area contributed by atoms with Crippen molar-refractivity contribution in [1.82, 2.24) is 4.90 Å². The standard InChI is InChI=1S/C12H14N2O2/c1-9-5-3-6-10(11(9)15)12(16)14(2)8-4-7-13/h3,5-6,15H,4,8H2,1-2H3. The second kappa shape index (κ2) is 5.17. The molecule has 4 nitrogen and oxygen atoms in total. The van der Waals surface area contributed by atoms with E-state index in [0.29, 0.717) is 12.1 Å². The van der Waals surface area contributed by atoms with Crippen LogP contribution in [0.25, 0.3) is 0 Å². The van der Waals surface area contributed by atoms with Crippen LogP contribution in [0, 0.1) is 18.3 Å². The summed E-state index contributed by atoms with van der Waals surface area (Å²) in [6.07, 6.45) is 0.287. The molecule has 0 aliphatic carbocycles.